The molecule has 0 aliphatic heterocycles. The summed E-state index contributed by atoms with van der Waals surface area (Å²) in [7, 11) is 1.99. The second-order valence-corrected chi connectivity index (χ2v) is 14.7. The molecular weight excluding hydrogens is 402 g/mol. The van der Waals surface area contributed by atoms with Crippen LogP contribution in [0, 0.1) is 56.7 Å². The van der Waals surface area contributed by atoms with Gasteiger partial charge in [0.05, 0.1) is 6.10 Å². The molecule has 0 heterocycles. The minimum absolute atomic E-state index is 0.0435. The number of fused-ring (bicyclic) bond motifs is 7. The van der Waals surface area contributed by atoms with Crippen molar-refractivity contribution < 1.29 is 5.11 Å². The smallest absolute Gasteiger partial charge is 0.0594 e. The van der Waals surface area contributed by atoms with Crippen molar-refractivity contribution in [1.82, 2.24) is 0 Å². The van der Waals surface area contributed by atoms with Crippen molar-refractivity contribution in [2.45, 2.75) is 112 Å². The molecule has 0 bridgehead atoms. The van der Waals surface area contributed by atoms with Crippen LogP contribution in [0.1, 0.15) is 106 Å². The second-order valence-electron chi connectivity index (χ2n) is 14.7. The van der Waals surface area contributed by atoms with Gasteiger partial charge in [-0.2, -0.15) is 0 Å². The molecule has 2 nitrogen and oxygen atoms in total. The molecule has 33 heavy (non-hydrogen) atoms. The van der Waals surface area contributed by atoms with Crippen LogP contribution in [0.15, 0.2) is 17.1 Å². The van der Waals surface area contributed by atoms with Crippen molar-refractivity contribution in [3.63, 3.8) is 0 Å². The third-order valence-corrected chi connectivity index (χ3v) is 13.5. The predicted molar refractivity (Wildman–Crippen MR) is 139 cm³/mol. The monoisotopic (exact) mass is 453 g/mol. The summed E-state index contributed by atoms with van der Waals surface area (Å²) in [6.07, 6.45) is 15.2. The molecule has 10 atom stereocenters. The van der Waals surface area contributed by atoms with E-state index in [1.165, 1.54) is 63.4 Å². The maximum atomic E-state index is 10.9. The van der Waals surface area contributed by atoms with Gasteiger partial charge in [0.15, 0.2) is 0 Å². The van der Waals surface area contributed by atoms with Crippen LogP contribution in [0.3, 0.4) is 0 Å². The summed E-state index contributed by atoms with van der Waals surface area (Å²) in [6.45, 7) is 19.6. The normalized spacial score (nSPS) is 55.4. The summed E-state index contributed by atoms with van der Waals surface area (Å²) in [5.74, 6) is 3.62. The van der Waals surface area contributed by atoms with Gasteiger partial charge in [0.1, 0.15) is 0 Å². The summed E-state index contributed by atoms with van der Waals surface area (Å²) in [5.41, 5.74) is 2.94. The summed E-state index contributed by atoms with van der Waals surface area (Å²) < 4.78 is 0. The summed E-state index contributed by atoms with van der Waals surface area (Å²) >= 11 is 0. The van der Waals surface area contributed by atoms with Gasteiger partial charge in [-0.05, 0) is 122 Å². The number of allylic oxidation sites excluding steroid dienone is 1. The first-order valence-electron chi connectivity index (χ1n) is 14.1. The number of aliphatic hydroxyl groups is 1. The molecule has 0 radical (unpaired) electrons. The highest BCUT2D eigenvalue weighted by atomic mass is 16.3. The Bertz CT molecular complexity index is 844. The van der Waals surface area contributed by atoms with E-state index >= 15 is 0 Å². The molecule has 5 aliphatic rings. The van der Waals surface area contributed by atoms with Gasteiger partial charge in [0, 0.05) is 18.7 Å². The lowest BCUT2D eigenvalue weighted by atomic mass is 9.32. The Hall–Kier alpha value is -0.630. The first kappa shape index (κ1) is 24.1. The Morgan fingerprint density at radius 3 is 2.24 bits per heavy atom. The van der Waals surface area contributed by atoms with Crippen LogP contribution < -0.4 is 0 Å². The van der Waals surface area contributed by atoms with E-state index in [2.05, 4.69) is 59.3 Å². The van der Waals surface area contributed by atoms with Crippen LogP contribution in [0.4, 0.5) is 0 Å². The quantitative estimate of drug-likeness (QED) is 0.337. The van der Waals surface area contributed by atoms with Gasteiger partial charge in [-0.1, -0.05) is 46.8 Å². The van der Waals surface area contributed by atoms with Gasteiger partial charge in [-0.15, -0.1) is 0 Å². The zero-order valence-corrected chi connectivity index (χ0v) is 22.7. The number of hydrogen-bond acceptors (Lipinski definition) is 2. The molecule has 0 saturated heterocycles. The van der Waals surface area contributed by atoms with Gasteiger partial charge in [-0.25, -0.2) is 0 Å². The van der Waals surface area contributed by atoms with Crippen molar-refractivity contribution in [1.29, 1.82) is 0 Å². The van der Waals surface area contributed by atoms with Crippen LogP contribution in [-0.2, 0) is 0 Å². The first-order valence-corrected chi connectivity index (χ1v) is 14.1. The van der Waals surface area contributed by atoms with E-state index in [1.807, 2.05) is 7.05 Å². The van der Waals surface area contributed by atoms with Crippen molar-refractivity contribution in [3.8, 4) is 0 Å². The fourth-order valence-corrected chi connectivity index (χ4v) is 11.7. The standard InChI is InChI=1S/C31H51NO/c1-20(2)21-11-16-31(19-32-8)18-17-29(6)22(26(21)31)9-10-24-28(5)14-13-25(33)27(3,4)23(28)12-15-30(24,29)7/h19,21-26,33H,1,9-18H2,2-8H3/t21?,22?,23?,24?,25-,26?,28-,29?,30+,31+/m0/s1. The summed E-state index contributed by atoms with van der Waals surface area (Å²) in [6, 6.07) is 0. The molecule has 0 spiro atoms. The molecular formula is C31H51NO. The van der Waals surface area contributed by atoms with Crippen molar-refractivity contribution in [2.75, 3.05) is 7.05 Å². The number of rotatable bonds is 2. The van der Waals surface area contributed by atoms with Gasteiger partial charge in [0.25, 0.3) is 0 Å². The SMILES string of the molecule is C=C(C)C1CC[C@]2(C=NC)CCC3(C)C(CCC4[C@@]5(C)CC[C@H](O)C(C)(C)C5CC[C@]43C)C12. The Labute approximate surface area is 204 Å². The average molecular weight is 454 g/mol. The molecule has 5 fully saturated rings. The van der Waals surface area contributed by atoms with Gasteiger partial charge < -0.3 is 10.1 Å². The Balaban J connectivity index is 1.56. The van der Waals surface area contributed by atoms with Crippen LogP contribution in [0.2, 0.25) is 0 Å². The highest BCUT2D eigenvalue weighted by molar-refractivity contribution is 5.67. The van der Waals surface area contributed by atoms with Crippen molar-refractivity contribution >= 4 is 6.21 Å². The number of hydrogen-bond donors (Lipinski definition) is 1. The van der Waals surface area contributed by atoms with Crippen molar-refractivity contribution in [2.24, 2.45) is 61.7 Å². The number of nitrogens with zero attached hydrogens (tertiary/aromatic N) is 1. The Morgan fingerprint density at radius 2 is 1.58 bits per heavy atom. The van der Waals surface area contributed by atoms with Gasteiger partial charge in [0.2, 0.25) is 0 Å². The van der Waals surface area contributed by atoms with E-state index in [0.29, 0.717) is 33.5 Å². The van der Waals surface area contributed by atoms with Gasteiger partial charge in [-0.3, -0.25) is 0 Å². The fraction of sp³-hybridized carbons (Fsp3) is 0.903. The van der Waals surface area contributed by atoms with E-state index in [4.69, 9.17) is 0 Å². The third kappa shape index (κ3) is 2.91. The highest BCUT2D eigenvalue weighted by Crippen LogP contribution is 2.77. The van der Waals surface area contributed by atoms with Crippen LogP contribution >= 0.6 is 0 Å². The molecule has 0 aromatic heterocycles. The third-order valence-electron chi connectivity index (χ3n) is 13.5. The molecule has 186 valence electrons. The topological polar surface area (TPSA) is 32.6 Å². The largest absolute Gasteiger partial charge is 0.393 e. The zero-order valence-electron chi connectivity index (χ0n) is 22.7. The summed E-state index contributed by atoms with van der Waals surface area (Å²) in [4.78, 5) is 4.66. The molecule has 0 amide bonds. The lowest BCUT2D eigenvalue weighted by molar-refractivity contribution is -0.243. The molecule has 2 heteroatoms. The van der Waals surface area contributed by atoms with Crippen LogP contribution in [0.25, 0.3) is 0 Å². The number of aliphatic hydroxyl groups excluding tert-OH is 1. The van der Waals surface area contributed by atoms with Crippen LogP contribution in [0.5, 0.6) is 0 Å². The molecule has 5 saturated carbocycles. The first-order chi connectivity index (χ1) is 15.4. The van der Waals surface area contributed by atoms with E-state index < -0.39 is 0 Å². The molecule has 1 N–H and O–H groups in total. The molecule has 0 aromatic rings. The van der Waals surface area contributed by atoms with Crippen LogP contribution in [-0.4, -0.2) is 24.5 Å². The van der Waals surface area contributed by atoms with E-state index in [1.54, 1.807) is 0 Å². The van der Waals surface area contributed by atoms with E-state index in [0.717, 1.165) is 24.2 Å². The lowest BCUT2D eigenvalue weighted by Crippen LogP contribution is -2.66. The minimum Gasteiger partial charge on any atom is -0.393 e. The highest BCUT2D eigenvalue weighted by Gasteiger charge is 2.70. The summed E-state index contributed by atoms with van der Waals surface area (Å²) in [5, 5.41) is 10.9. The predicted octanol–water partition coefficient (Wildman–Crippen LogP) is 7.71. The van der Waals surface area contributed by atoms with Crippen molar-refractivity contribution in [3.05, 3.63) is 12.2 Å². The zero-order chi connectivity index (χ0) is 24.0. The van der Waals surface area contributed by atoms with Gasteiger partial charge >= 0.3 is 0 Å². The molecule has 6 unspecified atom stereocenters. The maximum absolute atomic E-state index is 10.9. The molecule has 0 aromatic carbocycles. The fourth-order valence-electron chi connectivity index (χ4n) is 11.7. The maximum Gasteiger partial charge on any atom is 0.0594 e. The Morgan fingerprint density at radius 1 is 0.848 bits per heavy atom. The molecule has 5 rings (SSSR count). The second kappa shape index (κ2) is 7.44. The lowest BCUT2D eigenvalue weighted by Gasteiger charge is -2.72. The average Bonchev–Trinajstić information content (AvgIpc) is 3.12. The number of aliphatic imine (C=N–C) groups is 1. The molecule has 5 aliphatic carbocycles. The van der Waals surface area contributed by atoms with E-state index in [-0.39, 0.29) is 11.5 Å². The Kier molecular flexibility index (Phi) is 5.43. The minimum atomic E-state index is -0.134. The van der Waals surface area contributed by atoms with E-state index in [9.17, 15) is 5.11 Å².